The minimum absolute atomic E-state index is 0.00576. The summed E-state index contributed by atoms with van der Waals surface area (Å²) in [5.74, 6) is 0.201. The van der Waals surface area contributed by atoms with E-state index in [1.807, 2.05) is 24.3 Å². The minimum atomic E-state index is -4.50. The fraction of sp³-hybridized carbons (Fsp3) is 0.333. The standard InChI is InChI=1S/C21H19F3N4O2/c22-21(23,24)18-10-15(17-6-3-9-30-17)25-19-11-16(26-28(18)19)20(29)27-8-7-13-4-1-2-5-14(13)12-27/h1-6,9,11,15,18,25H,7-8,10,12H2/t15-,18-/m1/s1. The Balaban J connectivity index is 1.44. The number of halogens is 3. The van der Waals surface area contributed by atoms with E-state index in [2.05, 4.69) is 10.4 Å². The summed E-state index contributed by atoms with van der Waals surface area (Å²) in [6.45, 7) is 0.922. The molecule has 3 aromatic rings. The van der Waals surface area contributed by atoms with Crippen LogP contribution in [0.3, 0.4) is 0 Å². The number of carbonyl (C=O) groups is 1. The number of alkyl halides is 3. The number of aromatic nitrogens is 2. The van der Waals surface area contributed by atoms with Gasteiger partial charge in [-0.1, -0.05) is 24.3 Å². The van der Waals surface area contributed by atoms with Gasteiger partial charge in [-0.3, -0.25) is 4.79 Å². The van der Waals surface area contributed by atoms with E-state index in [1.54, 1.807) is 17.0 Å². The number of hydrogen-bond acceptors (Lipinski definition) is 4. The Hall–Kier alpha value is -3.23. The van der Waals surface area contributed by atoms with Crippen LogP contribution in [0.2, 0.25) is 0 Å². The van der Waals surface area contributed by atoms with Crippen molar-refractivity contribution < 1.29 is 22.4 Å². The molecule has 0 unspecified atom stereocenters. The third kappa shape index (κ3) is 3.24. The van der Waals surface area contributed by atoms with E-state index in [0.717, 1.165) is 10.2 Å². The first-order chi connectivity index (χ1) is 14.4. The van der Waals surface area contributed by atoms with Gasteiger partial charge in [0, 0.05) is 25.6 Å². The van der Waals surface area contributed by atoms with E-state index < -0.39 is 18.3 Å². The highest BCUT2D eigenvalue weighted by molar-refractivity contribution is 5.93. The Morgan fingerprint density at radius 1 is 1.17 bits per heavy atom. The van der Waals surface area contributed by atoms with Crippen LogP contribution in [0.5, 0.6) is 0 Å². The number of nitrogens with zero attached hydrogens (tertiary/aromatic N) is 3. The molecule has 2 aromatic heterocycles. The fourth-order valence-electron chi connectivity index (χ4n) is 4.19. The highest BCUT2D eigenvalue weighted by atomic mass is 19.4. The van der Waals surface area contributed by atoms with Crippen LogP contribution >= 0.6 is 0 Å². The fourth-order valence-corrected chi connectivity index (χ4v) is 4.19. The summed E-state index contributed by atoms with van der Waals surface area (Å²) < 4.78 is 47.4. The Kier molecular flexibility index (Phi) is 4.34. The number of amides is 1. The van der Waals surface area contributed by atoms with E-state index in [9.17, 15) is 18.0 Å². The third-order valence-electron chi connectivity index (χ3n) is 5.71. The molecule has 156 valence electrons. The van der Waals surface area contributed by atoms with Crippen LogP contribution in [0.4, 0.5) is 19.0 Å². The van der Waals surface area contributed by atoms with Gasteiger partial charge in [-0.2, -0.15) is 18.3 Å². The van der Waals surface area contributed by atoms with Gasteiger partial charge in [-0.05, 0) is 29.7 Å². The molecule has 0 bridgehead atoms. The normalized spacial score (nSPS) is 21.0. The average molecular weight is 416 g/mol. The summed E-state index contributed by atoms with van der Waals surface area (Å²) in [5.41, 5.74) is 2.24. The quantitative estimate of drug-likeness (QED) is 0.675. The highest BCUT2D eigenvalue weighted by Gasteiger charge is 2.47. The SMILES string of the molecule is O=C(c1cc2n(n1)[C@@H](C(F)(F)F)C[C@H](c1ccco1)N2)N1CCc2ccccc2C1. The molecule has 2 aliphatic heterocycles. The Morgan fingerprint density at radius 2 is 1.97 bits per heavy atom. The molecule has 1 amide bonds. The van der Waals surface area contributed by atoms with Crippen molar-refractivity contribution >= 4 is 11.7 Å². The largest absolute Gasteiger partial charge is 0.467 e. The van der Waals surface area contributed by atoms with Gasteiger partial charge in [0.05, 0.1) is 12.3 Å². The molecule has 0 radical (unpaired) electrons. The Labute approximate surface area is 170 Å². The molecule has 1 aromatic carbocycles. The minimum Gasteiger partial charge on any atom is -0.467 e. The van der Waals surface area contributed by atoms with Crippen LogP contribution in [0.25, 0.3) is 0 Å². The molecule has 4 heterocycles. The van der Waals surface area contributed by atoms with Crippen molar-refractivity contribution in [2.45, 2.75) is 37.6 Å². The van der Waals surface area contributed by atoms with Gasteiger partial charge in [0.2, 0.25) is 0 Å². The van der Waals surface area contributed by atoms with Crippen LogP contribution in [0.15, 0.2) is 53.1 Å². The van der Waals surface area contributed by atoms with Gasteiger partial charge in [-0.15, -0.1) is 0 Å². The first-order valence-electron chi connectivity index (χ1n) is 9.72. The number of furan rings is 1. The average Bonchev–Trinajstić information content (AvgIpc) is 3.41. The first kappa shape index (κ1) is 18.8. The molecule has 1 N–H and O–H groups in total. The van der Waals surface area contributed by atoms with Crippen molar-refractivity contribution in [2.75, 3.05) is 11.9 Å². The predicted octanol–water partition coefficient (Wildman–Crippen LogP) is 4.33. The molecule has 5 rings (SSSR count). The van der Waals surface area contributed by atoms with Crippen LogP contribution in [0.1, 0.15) is 45.9 Å². The highest BCUT2D eigenvalue weighted by Crippen LogP contribution is 2.43. The first-order valence-corrected chi connectivity index (χ1v) is 9.72. The predicted molar refractivity (Wildman–Crippen MR) is 102 cm³/mol. The van der Waals surface area contributed by atoms with Crippen LogP contribution in [-0.4, -0.2) is 33.3 Å². The lowest BCUT2D eigenvalue weighted by Crippen LogP contribution is -2.37. The van der Waals surface area contributed by atoms with Gasteiger partial charge in [0.25, 0.3) is 5.91 Å². The summed E-state index contributed by atoms with van der Waals surface area (Å²) in [6.07, 6.45) is -2.64. The number of nitrogens with one attached hydrogen (secondary N) is 1. The molecule has 2 atom stereocenters. The summed E-state index contributed by atoms with van der Waals surface area (Å²) in [5, 5.41) is 7.09. The lowest BCUT2D eigenvalue weighted by atomic mass is 10.00. The maximum absolute atomic E-state index is 13.8. The zero-order valence-electron chi connectivity index (χ0n) is 15.9. The molecule has 6 nitrogen and oxygen atoms in total. The second kappa shape index (κ2) is 6.93. The van der Waals surface area contributed by atoms with Crippen molar-refractivity contribution in [1.29, 1.82) is 0 Å². The number of rotatable bonds is 2. The van der Waals surface area contributed by atoms with Gasteiger partial charge >= 0.3 is 6.18 Å². The molecule has 9 heteroatoms. The number of benzene rings is 1. The van der Waals surface area contributed by atoms with Crippen LogP contribution < -0.4 is 5.32 Å². The number of carbonyl (C=O) groups excluding carboxylic acids is 1. The molecular weight excluding hydrogens is 397 g/mol. The summed E-state index contributed by atoms with van der Waals surface area (Å²) >= 11 is 0. The molecule has 0 aliphatic carbocycles. The van der Waals surface area contributed by atoms with Gasteiger partial charge < -0.3 is 14.6 Å². The van der Waals surface area contributed by atoms with Crippen molar-refractivity contribution in [2.24, 2.45) is 0 Å². The molecule has 0 fully saturated rings. The van der Waals surface area contributed by atoms with E-state index in [0.29, 0.717) is 25.3 Å². The second-order valence-electron chi connectivity index (χ2n) is 7.61. The summed E-state index contributed by atoms with van der Waals surface area (Å²) in [7, 11) is 0. The number of fused-ring (bicyclic) bond motifs is 2. The van der Waals surface area contributed by atoms with Gasteiger partial charge in [0.15, 0.2) is 11.7 Å². The van der Waals surface area contributed by atoms with E-state index in [1.165, 1.54) is 17.9 Å². The van der Waals surface area contributed by atoms with Crippen molar-refractivity contribution in [1.82, 2.24) is 14.7 Å². The van der Waals surface area contributed by atoms with Crippen molar-refractivity contribution in [3.05, 3.63) is 71.3 Å². The zero-order valence-corrected chi connectivity index (χ0v) is 15.9. The molecule has 0 saturated heterocycles. The number of anilines is 1. The molecule has 2 aliphatic rings. The van der Waals surface area contributed by atoms with Crippen LogP contribution in [0, 0.1) is 0 Å². The molecule has 30 heavy (non-hydrogen) atoms. The smallest absolute Gasteiger partial charge is 0.410 e. The molecule has 0 spiro atoms. The Bertz CT molecular complexity index is 1070. The van der Waals surface area contributed by atoms with E-state index in [-0.39, 0.29) is 23.8 Å². The maximum atomic E-state index is 13.8. The van der Waals surface area contributed by atoms with Crippen molar-refractivity contribution in [3.8, 4) is 0 Å². The van der Waals surface area contributed by atoms with Gasteiger partial charge in [-0.25, -0.2) is 4.68 Å². The molecular formula is C21H19F3N4O2. The van der Waals surface area contributed by atoms with Gasteiger partial charge in [0.1, 0.15) is 11.6 Å². The topological polar surface area (TPSA) is 63.3 Å². The molecule has 0 saturated carbocycles. The summed E-state index contributed by atoms with van der Waals surface area (Å²) in [4.78, 5) is 14.6. The van der Waals surface area contributed by atoms with E-state index in [4.69, 9.17) is 4.42 Å². The lowest BCUT2D eigenvalue weighted by Gasteiger charge is -2.32. The van der Waals surface area contributed by atoms with Crippen LogP contribution in [-0.2, 0) is 13.0 Å². The monoisotopic (exact) mass is 416 g/mol. The summed E-state index contributed by atoms with van der Waals surface area (Å²) in [6, 6.07) is 10.0. The number of hydrogen-bond donors (Lipinski definition) is 1. The van der Waals surface area contributed by atoms with Crippen molar-refractivity contribution in [3.63, 3.8) is 0 Å². The Morgan fingerprint density at radius 3 is 2.70 bits per heavy atom. The lowest BCUT2D eigenvalue weighted by molar-refractivity contribution is -0.174. The third-order valence-corrected chi connectivity index (χ3v) is 5.71. The zero-order chi connectivity index (χ0) is 20.9. The van der Waals surface area contributed by atoms with E-state index >= 15 is 0 Å². The maximum Gasteiger partial charge on any atom is 0.410 e. The second-order valence-corrected chi connectivity index (χ2v) is 7.61.